The minimum Gasteiger partial charge on any atom is -0.482 e. The zero-order valence-electron chi connectivity index (χ0n) is 12.9. The van der Waals surface area contributed by atoms with Crippen LogP contribution in [0.2, 0.25) is 0 Å². The second-order valence-electron chi connectivity index (χ2n) is 5.59. The van der Waals surface area contributed by atoms with Crippen molar-refractivity contribution in [1.29, 1.82) is 0 Å². The number of amides is 1. The molecule has 1 aliphatic rings. The van der Waals surface area contributed by atoms with Gasteiger partial charge in [-0.1, -0.05) is 29.8 Å². The lowest BCUT2D eigenvalue weighted by Crippen LogP contribution is -2.25. The molecule has 1 heterocycles. The molecule has 2 aromatic rings. The van der Waals surface area contributed by atoms with Crippen molar-refractivity contribution < 1.29 is 23.9 Å². The van der Waals surface area contributed by atoms with E-state index in [2.05, 4.69) is 10.6 Å². The highest BCUT2D eigenvalue weighted by Crippen LogP contribution is 2.52. The van der Waals surface area contributed by atoms with Gasteiger partial charge in [-0.3, -0.25) is 9.36 Å². The number of rotatable bonds is 4. The maximum Gasteiger partial charge on any atom is 0.352 e. The van der Waals surface area contributed by atoms with Gasteiger partial charge in [0.2, 0.25) is 0 Å². The van der Waals surface area contributed by atoms with Crippen LogP contribution in [0.25, 0.3) is 0 Å². The fourth-order valence-electron chi connectivity index (χ4n) is 2.44. The van der Waals surface area contributed by atoms with E-state index in [1.54, 1.807) is 42.5 Å². The third kappa shape index (κ3) is 3.59. The third-order valence-electron chi connectivity index (χ3n) is 3.65. The Morgan fingerprint density at radius 1 is 1.21 bits per heavy atom. The molecular weight excluding hydrogens is 331 g/mol. The van der Waals surface area contributed by atoms with Crippen molar-refractivity contribution in [3.8, 4) is 5.75 Å². The highest BCUT2D eigenvalue weighted by atomic mass is 31.2. The van der Waals surface area contributed by atoms with E-state index in [0.717, 1.165) is 5.56 Å². The van der Waals surface area contributed by atoms with Crippen LogP contribution in [0.3, 0.4) is 0 Å². The summed E-state index contributed by atoms with van der Waals surface area (Å²) in [4.78, 5) is 30.8. The van der Waals surface area contributed by atoms with Crippen molar-refractivity contribution in [2.75, 3.05) is 17.2 Å². The Morgan fingerprint density at radius 3 is 2.58 bits per heavy atom. The topological polar surface area (TPSA) is 108 Å². The third-order valence-corrected chi connectivity index (χ3v) is 4.75. The number of anilines is 2. The molecule has 0 radical (unpaired) electrons. The van der Waals surface area contributed by atoms with Crippen LogP contribution in [0.4, 0.5) is 11.4 Å². The zero-order valence-corrected chi connectivity index (χ0v) is 13.8. The Kier molecular flexibility index (Phi) is 4.32. The Hall–Kier alpha value is -2.34. The number of hydrogen-bond donors (Lipinski definition) is 4. The minimum atomic E-state index is -4.45. The molecule has 8 heteroatoms. The summed E-state index contributed by atoms with van der Waals surface area (Å²) in [5.41, 5.74) is 2.40. The molecule has 3 rings (SSSR count). The van der Waals surface area contributed by atoms with Crippen LogP contribution < -0.4 is 15.4 Å². The number of carbonyl (C=O) groups excluding carboxylic acids is 1. The number of nitrogens with one attached hydrogen (secondary N) is 2. The molecule has 0 unspecified atom stereocenters. The smallest absolute Gasteiger partial charge is 0.352 e. The standard InChI is InChI=1S/C16H17N2O5P/c1-10-2-4-11(5-3-10)16(24(20,21)22)17-12-6-7-14-13(8-12)18-15(19)9-23-14/h2-8,16-17H,9H2,1H3,(H,18,19)(H2,20,21,22)/t16-/m1/s1. The number of aryl methyl sites for hydroxylation is 1. The molecule has 0 saturated carbocycles. The van der Waals surface area contributed by atoms with E-state index in [-0.39, 0.29) is 12.5 Å². The predicted molar refractivity (Wildman–Crippen MR) is 90.2 cm³/mol. The average molecular weight is 348 g/mol. The van der Waals surface area contributed by atoms with E-state index in [1.807, 2.05) is 6.92 Å². The maximum absolute atomic E-state index is 11.9. The molecule has 1 aliphatic heterocycles. The molecule has 2 aromatic carbocycles. The first-order chi connectivity index (χ1) is 11.3. The number of benzene rings is 2. The first kappa shape index (κ1) is 16.5. The lowest BCUT2D eigenvalue weighted by atomic mass is 10.1. The van der Waals surface area contributed by atoms with Gasteiger partial charge in [-0.2, -0.15) is 0 Å². The molecular formula is C16H17N2O5P. The Balaban J connectivity index is 1.91. The van der Waals surface area contributed by atoms with E-state index in [4.69, 9.17) is 4.74 Å². The molecule has 0 aliphatic carbocycles. The van der Waals surface area contributed by atoms with E-state index in [1.165, 1.54) is 0 Å². The van der Waals surface area contributed by atoms with Gasteiger partial charge in [0.15, 0.2) is 12.4 Å². The van der Waals surface area contributed by atoms with Crippen LogP contribution in [0.1, 0.15) is 16.9 Å². The van der Waals surface area contributed by atoms with Gasteiger partial charge in [0.1, 0.15) is 5.75 Å². The van der Waals surface area contributed by atoms with Gasteiger partial charge >= 0.3 is 7.60 Å². The van der Waals surface area contributed by atoms with Gasteiger partial charge in [-0.25, -0.2) is 0 Å². The second-order valence-corrected chi connectivity index (χ2v) is 7.29. The first-order valence-corrected chi connectivity index (χ1v) is 8.96. The number of hydrogen-bond acceptors (Lipinski definition) is 4. The predicted octanol–water partition coefficient (Wildman–Crippen LogP) is 2.61. The number of ether oxygens (including phenoxy) is 1. The van der Waals surface area contributed by atoms with Crippen molar-refractivity contribution in [3.05, 3.63) is 53.6 Å². The lowest BCUT2D eigenvalue weighted by molar-refractivity contribution is -0.118. The summed E-state index contributed by atoms with van der Waals surface area (Å²) >= 11 is 0. The fourth-order valence-corrected chi connectivity index (χ4v) is 3.32. The van der Waals surface area contributed by atoms with Crippen molar-refractivity contribution in [1.82, 2.24) is 0 Å². The Morgan fingerprint density at radius 2 is 1.92 bits per heavy atom. The van der Waals surface area contributed by atoms with Crippen LogP contribution in [0.5, 0.6) is 5.75 Å². The second kappa shape index (κ2) is 6.28. The summed E-state index contributed by atoms with van der Waals surface area (Å²) in [6.45, 7) is 1.85. The van der Waals surface area contributed by atoms with E-state index < -0.39 is 13.4 Å². The molecule has 0 aromatic heterocycles. The molecule has 1 atom stereocenters. The van der Waals surface area contributed by atoms with Crippen molar-refractivity contribution >= 4 is 24.9 Å². The quantitative estimate of drug-likeness (QED) is 0.633. The van der Waals surface area contributed by atoms with Gasteiger partial charge in [-0.15, -0.1) is 0 Å². The van der Waals surface area contributed by atoms with Crippen molar-refractivity contribution in [2.24, 2.45) is 0 Å². The molecule has 126 valence electrons. The van der Waals surface area contributed by atoms with Crippen LogP contribution in [-0.4, -0.2) is 22.3 Å². The van der Waals surface area contributed by atoms with Crippen molar-refractivity contribution in [2.45, 2.75) is 12.7 Å². The number of carbonyl (C=O) groups is 1. The van der Waals surface area contributed by atoms with Gasteiger partial charge < -0.3 is 25.2 Å². The molecule has 0 bridgehead atoms. The summed E-state index contributed by atoms with van der Waals surface area (Å²) in [5, 5.41) is 5.51. The lowest BCUT2D eigenvalue weighted by Gasteiger charge is -2.23. The molecule has 0 spiro atoms. The van der Waals surface area contributed by atoms with Crippen LogP contribution in [0, 0.1) is 6.92 Å². The van der Waals surface area contributed by atoms with Crippen LogP contribution in [0.15, 0.2) is 42.5 Å². The molecule has 24 heavy (non-hydrogen) atoms. The van der Waals surface area contributed by atoms with E-state index >= 15 is 0 Å². The summed E-state index contributed by atoms with van der Waals surface area (Å²) in [6.07, 6.45) is 0. The van der Waals surface area contributed by atoms with Gasteiger partial charge in [0, 0.05) is 5.69 Å². The van der Waals surface area contributed by atoms with Gasteiger partial charge in [-0.05, 0) is 30.7 Å². The summed E-state index contributed by atoms with van der Waals surface area (Å²) in [6, 6.07) is 11.8. The van der Waals surface area contributed by atoms with Crippen LogP contribution >= 0.6 is 7.60 Å². The minimum absolute atomic E-state index is 0.0474. The van der Waals surface area contributed by atoms with Crippen LogP contribution in [-0.2, 0) is 9.36 Å². The Labute approximate surface area is 138 Å². The highest BCUT2D eigenvalue weighted by Gasteiger charge is 2.30. The fraction of sp³-hybridized carbons (Fsp3) is 0.188. The monoisotopic (exact) mass is 348 g/mol. The maximum atomic E-state index is 11.9. The average Bonchev–Trinajstić information content (AvgIpc) is 2.52. The van der Waals surface area contributed by atoms with Gasteiger partial charge in [0.05, 0.1) is 5.69 Å². The SMILES string of the molecule is Cc1ccc([C@H](Nc2ccc3c(c2)NC(=O)CO3)P(=O)(O)O)cc1. The largest absolute Gasteiger partial charge is 0.482 e. The zero-order chi connectivity index (χ0) is 17.3. The van der Waals surface area contributed by atoms with E-state index in [0.29, 0.717) is 22.7 Å². The van der Waals surface area contributed by atoms with E-state index in [9.17, 15) is 19.1 Å². The highest BCUT2D eigenvalue weighted by molar-refractivity contribution is 7.52. The molecule has 1 amide bonds. The number of fused-ring (bicyclic) bond motifs is 1. The van der Waals surface area contributed by atoms with Gasteiger partial charge in [0.25, 0.3) is 5.91 Å². The molecule has 0 fully saturated rings. The Bertz CT molecular complexity index is 816. The summed E-state index contributed by atoms with van der Waals surface area (Å²) in [5.74, 6) is -0.940. The summed E-state index contributed by atoms with van der Waals surface area (Å²) in [7, 11) is -4.45. The molecule has 4 N–H and O–H groups in total. The first-order valence-electron chi connectivity index (χ1n) is 7.28. The molecule has 0 saturated heterocycles. The molecule has 7 nitrogen and oxygen atoms in total. The normalized spacial score (nSPS) is 15.0. The summed E-state index contributed by atoms with van der Waals surface area (Å²) < 4.78 is 17.2. The van der Waals surface area contributed by atoms with Crippen molar-refractivity contribution in [3.63, 3.8) is 0 Å².